The number of hydrazone groups is 1. The van der Waals surface area contributed by atoms with Gasteiger partial charge in [-0.1, -0.05) is 53.5 Å². The molecule has 2 heterocycles. The summed E-state index contributed by atoms with van der Waals surface area (Å²) in [5, 5.41) is 5.13. The third kappa shape index (κ3) is 4.27. The zero-order valence-corrected chi connectivity index (χ0v) is 17.1. The fourth-order valence-electron chi connectivity index (χ4n) is 2.92. The number of rotatable bonds is 5. The topological polar surface area (TPSA) is 67.5 Å². The van der Waals surface area contributed by atoms with Crippen LogP contribution in [0.25, 0.3) is 22.5 Å². The van der Waals surface area contributed by atoms with Gasteiger partial charge >= 0.3 is 0 Å². The first-order valence-electron chi connectivity index (χ1n) is 9.00. The van der Waals surface area contributed by atoms with Crippen molar-refractivity contribution in [1.29, 1.82) is 0 Å². The van der Waals surface area contributed by atoms with E-state index in [2.05, 4.69) is 15.5 Å². The number of hydrogen-bond acceptors (Lipinski definition) is 4. The van der Waals surface area contributed by atoms with E-state index in [9.17, 15) is 4.79 Å². The van der Waals surface area contributed by atoms with E-state index in [1.54, 1.807) is 18.2 Å². The number of hydrogen-bond donors (Lipinski definition) is 1. The highest BCUT2D eigenvalue weighted by Crippen LogP contribution is 2.40. The molecule has 30 heavy (non-hydrogen) atoms. The standard InChI is InChI=1S/C23H15Cl2N3O2/c24-20-7-3-1-5-17(20)19-13-16(30-22(19)18-6-2-4-8-21(18)25)14-27-28-23(29)15-9-11-26-12-10-15/h1-14H,(H,28,29)/b27-14-. The number of carbonyl (C=O) groups is 1. The second-order valence-electron chi connectivity index (χ2n) is 6.29. The third-order valence-electron chi connectivity index (χ3n) is 4.33. The van der Waals surface area contributed by atoms with Crippen LogP contribution in [0.2, 0.25) is 10.0 Å². The summed E-state index contributed by atoms with van der Waals surface area (Å²) in [5.74, 6) is 0.656. The minimum atomic E-state index is -0.349. The Morgan fingerprint density at radius 2 is 1.53 bits per heavy atom. The quantitative estimate of drug-likeness (QED) is 0.305. The van der Waals surface area contributed by atoms with Crippen molar-refractivity contribution < 1.29 is 9.21 Å². The minimum Gasteiger partial charge on any atom is -0.454 e. The normalized spacial score (nSPS) is 11.0. The summed E-state index contributed by atoms with van der Waals surface area (Å²) in [4.78, 5) is 16.0. The molecule has 1 N–H and O–H groups in total. The molecule has 0 aliphatic carbocycles. The summed E-state index contributed by atoms with van der Waals surface area (Å²) < 4.78 is 6.02. The van der Waals surface area contributed by atoms with E-state index in [1.807, 2.05) is 48.5 Å². The van der Waals surface area contributed by atoms with E-state index < -0.39 is 0 Å². The van der Waals surface area contributed by atoms with Crippen LogP contribution in [0.4, 0.5) is 0 Å². The second-order valence-corrected chi connectivity index (χ2v) is 7.10. The van der Waals surface area contributed by atoms with E-state index in [0.717, 1.165) is 16.7 Å². The largest absolute Gasteiger partial charge is 0.454 e. The van der Waals surface area contributed by atoms with Crippen molar-refractivity contribution in [3.05, 3.63) is 100 Å². The van der Waals surface area contributed by atoms with Gasteiger partial charge in [0, 0.05) is 39.7 Å². The fourth-order valence-corrected chi connectivity index (χ4v) is 3.38. The lowest BCUT2D eigenvalue weighted by Crippen LogP contribution is -2.17. The summed E-state index contributed by atoms with van der Waals surface area (Å²) in [6.07, 6.45) is 4.51. The van der Waals surface area contributed by atoms with Crippen LogP contribution in [0.5, 0.6) is 0 Å². The highest BCUT2D eigenvalue weighted by Gasteiger charge is 2.18. The highest BCUT2D eigenvalue weighted by molar-refractivity contribution is 6.34. The first-order valence-corrected chi connectivity index (χ1v) is 9.76. The average Bonchev–Trinajstić information content (AvgIpc) is 3.18. The number of nitrogens with one attached hydrogen (secondary N) is 1. The molecule has 4 aromatic rings. The first-order chi connectivity index (χ1) is 14.6. The molecule has 2 aromatic carbocycles. The molecule has 0 saturated carbocycles. The molecule has 1 amide bonds. The Morgan fingerprint density at radius 1 is 0.900 bits per heavy atom. The Balaban J connectivity index is 1.68. The predicted molar refractivity (Wildman–Crippen MR) is 119 cm³/mol. The van der Waals surface area contributed by atoms with Crippen LogP contribution >= 0.6 is 23.2 Å². The van der Waals surface area contributed by atoms with Gasteiger partial charge in [-0.25, -0.2) is 5.43 Å². The van der Waals surface area contributed by atoms with Gasteiger partial charge in [0.15, 0.2) is 0 Å². The van der Waals surface area contributed by atoms with Gasteiger partial charge in [-0.15, -0.1) is 0 Å². The molecule has 0 atom stereocenters. The summed E-state index contributed by atoms with van der Waals surface area (Å²) in [6, 6.07) is 19.9. The van der Waals surface area contributed by atoms with Crippen molar-refractivity contribution in [1.82, 2.24) is 10.4 Å². The zero-order valence-electron chi connectivity index (χ0n) is 15.5. The summed E-state index contributed by atoms with van der Waals surface area (Å²) in [7, 11) is 0. The molecule has 4 rings (SSSR count). The molecule has 5 nitrogen and oxygen atoms in total. The molecular weight excluding hydrogens is 421 g/mol. The molecule has 0 fully saturated rings. The van der Waals surface area contributed by atoms with E-state index in [4.69, 9.17) is 27.6 Å². The molecule has 0 saturated heterocycles. The van der Waals surface area contributed by atoms with Crippen molar-refractivity contribution in [2.45, 2.75) is 0 Å². The molecule has 0 spiro atoms. The van der Waals surface area contributed by atoms with Gasteiger partial charge in [-0.3, -0.25) is 9.78 Å². The smallest absolute Gasteiger partial charge is 0.271 e. The molecule has 2 aromatic heterocycles. The molecule has 0 aliphatic rings. The Morgan fingerprint density at radius 3 is 2.20 bits per heavy atom. The maximum Gasteiger partial charge on any atom is 0.271 e. The molecule has 0 aliphatic heterocycles. The van der Waals surface area contributed by atoms with Crippen LogP contribution in [-0.2, 0) is 0 Å². The molecular formula is C23H15Cl2N3O2. The number of nitrogens with zero attached hydrogens (tertiary/aromatic N) is 2. The van der Waals surface area contributed by atoms with Crippen LogP contribution in [0, 0.1) is 0 Å². The monoisotopic (exact) mass is 435 g/mol. The van der Waals surface area contributed by atoms with Crippen LogP contribution in [0.15, 0.2) is 88.6 Å². The molecule has 0 unspecified atom stereocenters. The van der Waals surface area contributed by atoms with Gasteiger partial charge in [0.1, 0.15) is 11.5 Å². The predicted octanol–water partition coefficient (Wildman–Crippen LogP) is 6.08. The number of furan rings is 1. The van der Waals surface area contributed by atoms with E-state index in [0.29, 0.717) is 27.1 Å². The lowest BCUT2D eigenvalue weighted by atomic mass is 10.0. The maximum atomic E-state index is 12.1. The second kappa shape index (κ2) is 8.95. The van der Waals surface area contributed by atoms with Gasteiger partial charge in [-0.05, 0) is 36.4 Å². The Hall–Kier alpha value is -3.41. The Bertz CT molecular complexity index is 1160. The van der Waals surface area contributed by atoms with Crippen molar-refractivity contribution in [2.75, 3.05) is 0 Å². The third-order valence-corrected chi connectivity index (χ3v) is 4.99. The van der Waals surface area contributed by atoms with Crippen LogP contribution in [0.3, 0.4) is 0 Å². The van der Waals surface area contributed by atoms with Crippen molar-refractivity contribution in [3.63, 3.8) is 0 Å². The maximum absolute atomic E-state index is 12.1. The highest BCUT2D eigenvalue weighted by atomic mass is 35.5. The van der Waals surface area contributed by atoms with Gasteiger partial charge < -0.3 is 4.42 Å². The van der Waals surface area contributed by atoms with E-state index >= 15 is 0 Å². The molecule has 148 valence electrons. The number of halogens is 2. The Kier molecular flexibility index (Phi) is 5.93. The van der Waals surface area contributed by atoms with E-state index in [-0.39, 0.29) is 5.91 Å². The summed E-state index contributed by atoms with van der Waals surface area (Å²) in [5.41, 5.74) is 5.23. The number of pyridine rings is 1. The van der Waals surface area contributed by atoms with Crippen LogP contribution in [-0.4, -0.2) is 17.1 Å². The number of amides is 1. The summed E-state index contributed by atoms with van der Waals surface area (Å²) in [6.45, 7) is 0. The number of aromatic nitrogens is 1. The number of benzene rings is 2. The lowest BCUT2D eigenvalue weighted by molar-refractivity contribution is 0.0955. The molecule has 7 heteroatoms. The van der Waals surface area contributed by atoms with Crippen molar-refractivity contribution >= 4 is 35.3 Å². The minimum absolute atomic E-state index is 0.349. The molecule has 0 radical (unpaired) electrons. The van der Waals surface area contributed by atoms with Crippen LogP contribution < -0.4 is 5.43 Å². The lowest BCUT2D eigenvalue weighted by Gasteiger charge is -2.06. The van der Waals surface area contributed by atoms with Gasteiger partial charge in [0.2, 0.25) is 0 Å². The van der Waals surface area contributed by atoms with Crippen molar-refractivity contribution in [2.24, 2.45) is 5.10 Å². The van der Waals surface area contributed by atoms with Gasteiger partial charge in [0.05, 0.1) is 11.2 Å². The van der Waals surface area contributed by atoms with Gasteiger partial charge in [0.25, 0.3) is 5.91 Å². The van der Waals surface area contributed by atoms with Crippen molar-refractivity contribution in [3.8, 4) is 22.5 Å². The fraction of sp³-hybridized carbons (Fsp3) is 0. The average molecular weight is 436 g/mol. The SMILES string of the molecule is O=C(N/N=C\c1cc(-c2ccccc2Cl)c(-c2ccccc2Cl)o1)c1ccncc1. The first kappa shape index (κ1) is 19.9. The zero-order chi connectivity index (χ0) is 20.9. The van der Waals surface area contributed by atoms with Crippen LogP contribution in [0.1, 0.15) is 16.1 Å². The summed E-state index contributed by atoms with van der Waals surface area (Å²) >= 11 is 12.8. The van der Waals surface area contributed by atoms with Gasteiger partial charge in [-0.2, -0.15) is 5.10 Å². The molecule has 0 bridgehead atoms. The number of carbonyl (C=O) groups excluding carboxylic acids is 1. The van der Waals surface area contributed by atoms with E-state index in [1.165, 1.54) is 18.6 Å². The Labute approximate surface area is 183 Å².